The summed E-state index contributed by atoms with van der Waals surface area (Å²) in [7, 11) is 0. The Morgan fingerprint density at radius 2 is 2.00 bits per heavy atom. The molecule has 164 valence electrons. The lowest BCUT2D eigenvalue weighted by molar-refractivity contribution is -0.119. The molecule has 3 aromatic rings. The molecular formula is C20H23N5O4S2. The summed E-state index contributed by atoms with van der Waals surface area (Å²) in [5, 5.41) is 22.1. The van der Waals surface area contributed by atoms with Crippen LogP contribution in [0.15, 0.2) is 11.1 Å². The summed E-state index contributed by atoms with van der Waals surface area (Å²) in [5.74, 6) is -1.07. The number of aromatic nitrogens is 4. The highest BCUT2D eigenvalue weighted by Gasteiger charge is 2.26. The Morgan fingerprint density at radius 1 is 1.26 bits per heavy atom. The van der Waals surface area contributed by atoms with Crippen molar-refractivity contribution in [2.75, 3.05) is 5.32 Å². The zero-order chi connectivity index (χ0) is 22.1. The predicted molar refractivity (Wildman–Crippen MR) is 119 cm³/mol. The largest absolute Gasteiger partial charge is 0.477 e. The van der Waals surface area contributed by atoms with E-state index in [0.29, 0.717) is 27.9 Å². The molecule has 0 spiro atoms. The monoisotopic (exact) mass is 461 g/mol. The van der Waals surface area contributed by atoms with Crippen molar-refractivity contribution in [2.24, 2.45) is 0 Å². The SMILES string of the molecule is CCC(C(=O)Nc1nnc(C2CCCCC2)s1)n1cnc2sc(C(=O)O)c(C)c2c1=O. The van der Waals surface area contributed by atoms with Gasteiger partial charge in [-0.15, -0.1) is 21.5 Å². The molecule has 1 atom stereocenters. The summed E-state index contributed by atoms with van der Waals surface area (Å²) in [6.07, 6.45) is 7.50. The van der Waals surface area contributed by atoms with Crippen LogP contribution in [-0.2, 0) is 4.79 Å². The van der Waals surface area contributed by atoms with Gasteiger partial charge in [0.1, 0.15) is 20.8 Å². The number of hydrogen-bond donors (Lipinski definition) is 2. The van der Waals surface area contributed by atoms with Crippen LogP contribution in [0.1, 0.15) is 77.7 Å². The Morgan fingerprint density at radius 3 is 2.68 bits per heavy atom. The van der Waals surface area contributed by atoms with E-state index >= 15 is 0 Å². The maximum absolute atomic E-state index is 13.1. The number of amides is 1. The first-order valence-electron chi connectivity index (χ1n) is 10.3. The molecule has 3 aromatic heterocycles. The lowest BCUT2D eigenvalue weighted by Gasteiger charge is -2.18. The number of carbonyl (C=O) groups is 2. The van der Waals surface area contributed by atoms with Crippen LogP contribution in [0.25, 0.3) is 10.2 Å². The highest BCUT2D eigenvalue weighted by atomic mass is 32.1. The van der Waals surface area contributed by atoms with Gasteiger partial charge >= 0.3 is 5.97 Å². The molecule has 9 nitrogen and oxygen atoms in total. The van der Waals surface area contributed by atoms with Gasteiger partial charge in [-0.2, -0.15) is 0 Å². The quantitative estimate of drug-likeness (QED) is 0.569. The summed E-state index contributed by atoms with van der Waals surface area (Å²) in [4.78, 5) is 42.1. The van der Waals surface area contributed by atoms with Gasteiger partial charge in [0, 0.05) is 5.92 Å². The van der Waals surface area contributed by atoms with E-state index in [9.17, 15) is 19.5 Å². The number of nitrogens with one attached hydrogen (secondary N) is 1. The normalized spacial score (nSPS) is 15.8. The predicted octanol–water partition coefficient (Wildman–Crippen LogP) is 3.95. The van der Waals surface area contributed by atoms with E-state index in [4.69, 9.17) is 0 Å². The Hall–Kier alpha value is -2.66. The second-order valence-corrected chi connectivity index (χ2v) is 9.70. The van der Waals surface area contributed by atoms with Crippen molar-refractivity contribution < 1.29 is 14.7 Å². The first kappa shape index (κ1) is 21.6. The molecule has 0 aromatic carbocycles. The van der Waals surface area contributed by atoms with Crippen molar-refractivity contribution in [3.8, 4) is 0 Å². The second-order valence-electron chi connectivity index (χ2n) is 7.69. The average Bonchev–Trinajstić information content (AvgIpc) is 3.36. The number of carboxylic acid groups (broad SMARTS) is 1. The number of carboxylic acids is 1. The van der Waals surface area contributed by atoms with Crippen molar-refractivity contribution in [2.45, 2.75) is 64.3 Å². The number of thiophene rings is 1. The van der Waals surface area contributed by atoms with Gasteiger partial charge in [0.05, 0.1) is 11.7 Å². The average molecular weight is 462 g/mol. The van der Waals surface area contributed by atoms with E-state index < -0.39 is 17.6 Å². The van der Waals surface area contributed by atoms with Crippen LogP contribution < -0.4 is 10.9 Å². The molecule has 1 unspecified atom stereocenters. The van der Waals surface area contributed by atoms with Gasteiger partial charge in [-0.05, 0) is 31.7 Å². The van der Waals surface area contributed by atoms with Crippen LogP contribution >= 0.6 is 22.7 Å². The maximum atomic E-state index is 13.1. The number of hydrogen-bond acceptors (Lipinski definition) is 8. The third kappa shape index (κ3) is 4.11. The molecule has 1 aliphatic carbocycles. The van der Waals surface area contributed by atoms with Gasteiger partial charge in [-0.25, -0.2) is 9.78 Å². The fourth-order valence-corrected chi connectivity index (χ4v) is 5.95. The van der Waals surface area contributed by atoms with E-state index in [-0.39, 0.29) is 16.2 Å². The number of carbonyl (C=O) groups excluding carboxylic acids is 1. The van der Waals surface area contributed by atoms with Crippen LogP contribution in [0.3, 0.4) is 0 Å². The Balaban J connectivity index is 1.59. The molecular weight excluding hydrogens is 438 g/mol. The highest BCUT2D eigenvalue weighted by Crippen LogP contribution is 2.35. The van der Waals surface area contributed by atoms with E-state index in [0.717, 1.165) is 29.2 Å². The molecule has 3 heterocycles. The summed E-state index contributed by atoms with van der Waals surface area (Å²) in [6.45, 7) is 3.39. The Kier molecular flexibility index (Phi) is 6.15. The number of anilines is 1. The zero-order valence-corrected chi connectivity index (χ0v) is 18.9. The van der Waals surface area contributed by atoms with Gasteiger partial charge in [-0.3, -0.25) is 19.5 Å². The molecule has 4 rings (SSSR count). The summed E-state index contributed by atoms with van der Waals surface area (Å²) in [6, 6.07) is -0.793. The molecule has 31 heavy (non-hydrogen) atoms. The molecule has 1 saturated carbocycles. The molecule has 1 aliphatic rings. The molecule has 0 radical (unpaired) electrons. The first-order valence-corrected chi connectivity index (χ1v) is 11.9. The van der Waals surface area contributed by atoms with Gasteiger partial charge in [0.25, 0.3) is 5.56 Å². The lowest BCUT2D eigenvalue weighted by Crippen LogP contribution is -2.33. The summed E-state index contributed by atoms with van der Waals surface area (Å²) < 4.78 is 1.27. The third-order valence-electron chi connectivity index (χ3n) is 5.72. The molecule has 11 heteroatoms. The highest BCUT2D eigenvalue weighted by molar-refractivity contribution is 7.20. The van der Waals surface area contributed by atoms with Crippen LogP contribution in [0.2, 0.25) is 0 Å². The fraction of sp³-hybridized carbons (Fsp3) is 0.500. The van der Waals surface area contributed by atoms with E-state index in [1.165, 1.54) is 41.5 Å². The van der Waals surface area contributed by atoms with Crippen molar-refractivity contribution in [3.63, 3.8) is 0 Å². The van der Waals surface area contributed by atoms with Gasteiger partial charge in [0.2, 0.25) is 11.0 Å². The second kappa shape index (κ2) is 8.83. The molecule has 1 amide bonds. The lowest BCUT2D eigenvalue weighted by atomic mass is 9.90. The third-order valence-corrected chi connectivity index (χ3v) is 7.91. The minimum Gasteiger partial charge on any atom is -0.477 e. The van der Waals surface area contributed by atoms with Crippen molar-refractivity contribution in [3.05, 3.63) is 32.1 Å². The van der Waals surface area contributed by atoms with Crippen LogP contribution in [0, 0.1) is 6.92 Å². The standard InChI is InChI=1S/C20H23N5O4S2/c1-3-12(15(26)22-20-24-23-16(31-20)11-7-5-4-6-8-11)25-9-21-17-13(18(25)27)10(2)14(30-17)19(28)29/h9,11-12H,3-8H2,1-2H3,(H,28,29)(H,22,24,26). The Labute approximate surface area is 186 Å². The van der Waals surface area contributed by atoms with Crippen LogP contribution in [0.4, 0.5) is 5.13 Å². The van der Waals surface area contributed by atoms with Crippen molar-refractivity contribution in [1.29, 1.82) is 0 Å². The number of fused-ring (bicyclic) bond motifs is 1. The summed E-state index contributed by atoms with van der Waals surface area (Å²) in [5.41, 5.74) is -0.0516. The van der Waals surface area contributed by atoms with E-state index in [2.05, 4.69) is 20.5 Å². The van der Waals surface area contributed by atoms with Gasteiger partial charge in [0.15, 0.2) is 0 Å². The topological polar surface area (TPSA) is 127 Å². The van der Waals surface area contributed by atoms with Gasteiger partial charge in [-0.1, -0.05) is 37.5 Å². The van der Waals surface area contributed by atoms with Crippen molar-refractivity contribution >= 4 is 49.9 Å². The maximum Gasteiger partial charge on any atom is 0.346 e. The summed E-state index contributed by atoms with van der Waals surface area (Å²) >= 11 is 2.35. The van der Waals surface area contributed by atoms with E-state index in [1.54, 1.807) is 13.8 Å². The van der Waals surface area contributed by atoms with E-state index in [1.807, 2.05) is 0 Å². The molecule has 0 saturated heterocycles. The molecule has 1 fully saturated rings. The molecule has 2 N–H and O–H groups in total. The minimum absolute atomic E-state index is 0.0824. The molecule has 0 aliphatic heterocycles. The van der Waals surface area contributed by atoms with Crippen LogP contribution in [0.5, 0.6) is 0 Å². The number of aromatic carboxylic acids is 1. The van der Waals surface area contributed by atoms with Gasteiger partial charge < -0.3 is 5.11 Å². The number of aryl methyl sites for hydroxylation is 1. The zero-order valence-electron chi connectivity index (χ0n) is 17.3. The number of nitrogens with zero attached hydrogens (tertiary/aromatic N) is 4. The van der Waals surface area contributed by atoms with Crippen LogP contribution in [-0.4, -0.2) is 36.7 Å². The first-order chi connectivity index (χ1) is 14.9. The van der Waals surface area contributed by atoms with Crippen molar-refractivity contribution in [1.82, 2.24) is 19.7 Å². The molecule has 0 bridgehead atoms. The number of rotatable bonds is 6. The fourth-order valence-electron chi connectivity index (χ4n) is 4.06. The minimum atomic E-state index is -1.10. The smallest absolute Gasteiger partial charge is 0.346 e. The Bertz CT molecular complexity index is 1190.